The molecule has 2 nitrogen and oxygen atoms in total. The van der Waals surface area contributed by atoms with E-state index in [-0.39, 0.29) is 0 Å². The van der Waals surface area contributed by atoms with Gasteiger partial charge in [-0.05, 0) is 37.7 Å². The number of rotatable bonds is 5. The van der Waals surface area contributed by atoms with Crippen molar-refractivity contribution >= 4 is 24.0 Å². The van der Waals surface area contributed by atoms with E-state index < -0.39 is 0 Å². The first-order chi connectivity index (χ1) is 7.27. The van der Waals surface area contributed by atoms with Crippen LogP contribution < -0.4 is 5.32 Å². The zero-order valence-corrected chi connectivity index (χ0v) is 9.42. The molecule has 0 atom stereocenters. The number of benzene rings is 1. The maximum absolute atomic E-state index is 10.6. The molecule has 0 unspecified atom stereocenters. The summed E-state index contributed by atoms with van der Waals surface area (Å²) >= 11 is 5.81. The van der Waals surface area contributed by atoms with Gasteiger partial charge in [0.2, 0.25) is 0 Å². The molecule has 0 aliphatic heterocycles. The highest BCUT2D eigenvalue weighted by atomic mass is 35.5. The fourth-order valence-electron chi connectivity index (χ4n) is 1.20. The van der Waals surface area contributed by atoms with Gasteiger partial charge in [-0.2, -0.15) is 0 Å². The van der Waals surface area contributed by atoms with E-state index in [4.69, 9.17) is 11.6 Å². The second-order valence-electron chi connectivity index (χ2n) is 3.19. The van der Waals surface area contributed by atoms with Crippen LogP contribution in [-0.2, 0) is 0 Å². The summed E-state index contributed by atoms with van der Waals surface area (Å²) in [6.45, 7) is 0.949. The first kappa shape index (κ1) is 12.0. The Morgan fingerprint density at radius 1 is 1.47 bits per heavy atom. The van der Waals surface area contributed by atoms with Crippen molar-refractivity contribution in [1.82, 2.24) is 5.32 Å². The summed E-state index contributed by atoms with van der Waals surface area (Å²) in [5.74, 6) is 0. The van der Waals surface area contributed by atoms with Crippen molar-refractivity contribution in [3.8, 4) is 0 Å². The number of carbonyl (C=O) groups is 1. The van der Waals surface area contributed by atoms with E-state index in [9.17, 15) is 4.79 Å². The Kier molecular flexibility index (Phi) is 5.08. The third-order valence-corrected chi connectivity index (χ3v) is 2.36. The number of hydrogen-bond acceptors (Lipinski definition) is 2. The summed E-state index contributed by atoms with van der Waals surface area (Å²) in [5.41, 5.74) is 1.53. The van der Waals surface area contributed by atoms with E-state index in [0.29, 0.717) is 10.6 Å². The van der Waals surface area contributed by atoms with Gasteiger partial charge in [-0.3, -0.25) is 4.79 Å². The molecule has 0 spiro atoms. The number of halogens is 1. The van der Waals surface area contributed by atoms with Crippen molar-refractivity contribution < 1.29 is 4.79 Å². The fourth-order valence-corrected chi connectivity index (χ4v) is 1.37. The van der Waals surface area contributed by atoms with E-state index >= 15 is 0 Å². The SMILES string of the molecule is CNCCC=Cc1ccc(Cl)c(C=O)c1. The summed E-state index contributed by atoms with van der Waals surface area (Å²) in [6, 6.07) is 5.42. The average molecular weight is 224 g/mol. The van der Waals surface area contributed by atoms with Gasteiger partial charge < -0.3 is 5.32 Å². The van der Waals surface area contributed by atoms with E-state index in [1.807, 2.05) is 19.2 Å². The summed E-state index contributed by atoms with van der Waals surface area (Å²) in [5, 5.41) is 3.55. The number of hydrogen-bond donors (Lipinski definition) is 1. The molecule has 0 fully saturated rings. The van der Waals surface area contributed by atoms with Crippen LogP contribution in [0.15, 0.2) is 24.3 Å². The molecule has 80 valence electrons. The molecule has 0 aliphatic carbocycles. The van der Waals surface area contributed by atoms with Gasteiger partial charge in [0, 0.05) is 5.56 Å². The van der Waals surface area contributed by atoms with E-state index in [1.165, 1.54) is 0 Å². The van der Waals surface area contributed by atoms with Crippen molar-refractivity contribution in [1.29, 1.82) is 0 Å². The highest BCUT2D eigenvalue weighted by Gasteiger charge is 1.98. The minimum Gasteiger partial charge on any atom is -0.319 e. The standard InChI is InChI=1S/C12H14ClNO/c1-14-7-3-2-4-10-5-6-12(13)11(8-10)9-15/h2,4-6,8-9,14H,3,7H2,1H3. The molecule has 1 N–H and O–H groups in total. The Morgan fingerprint density at radius 3 is 2.93 bits per heavy atom. The Labute approximate surface area is 94.9 Å². The van der Waals surface area contributed by atoms with Crippen molar-refractivity contribution in [3.05, 3.63) is 40.4 Å². The maximum Gasteiger partial charge on any atom is 0.151 e. The van der Waals surface area contributed by atoms with E-state index in [2.05, 4.69) is 11.4 Å². The van der Waals surface area contributed by atoms with Crippen LogP contribution in [0.1, 0.15) is 22.3 Å². The molecule has 0 amide bonds. The Morgan fingerprint density at radius 2 is 2.27 bits per heavy atom. The molecular formula is C12H14ClNO. The largest absolute Gasteiger partial charge is 0.319 e. The van der Waals surface area contributed by atoms with Gasteiger partial charge in [-0.1, -0.05) is 29.8 Å². The van der Waals surface area contributed by atoms with Gasteiger partial charge >= 0.3 is 0 Å². The van der Waals surface area contributed by atoms with Gasteiger partial charge in [-0.15, -0.1) is 0 Å². The molecule has 1 aromatic carbocycles. The predicted molar refractivity (Wildman–Crippen MR) is 64.4 cm³/mol. The second-order valence-corrected chi connectivity index (χ2v) is 3.60. The Bertz CT molecular complexity index is 361. The van der Waals surface area contributed by atoms with Crippen LogP contribution in [0.2, 0.25) is 5.02 Å². The molecule has 0 aliphatic rings. The van der Waals surface area contributed by atoms with Crippen LogP contribution in [0, 0.1) is 0 Å². The summed E-state index contributed by atoms with van der Waals surface area (Å²) in [7, 11) is 1.92. The van der Waals surface area contributed by atoms with Crippen molar-refractivity contribution in [2.45, 2.75) is 6.42 Å². The number of nitrogens with one attached hydrogen (secondary N) is 1. The topological polar surface area (TPSA) is 29.1 Å². The molecule has 1 rings (SSSR count). The molecular weight excluding hydrogens is 210 g/mol. The lowest BCUT2D eigenvalue weighted by Gasteiger charge is -1.98. The lowest BCUT2D eigenvalue weighted by atomic mass is 10.1. The van der Waals surface area contributed by atoms with Crippen molar-refractivity contribution in [2.75, 3.05) is 13.6 Å². The molecule has 0 radical (unpaired) electrons. The first-order valence-electron chi connectivity index (χ1n) is 4.84. The molecule has 1 aromatic rings. The second kappa shape index (κ2) is 6.38. The summed E-state index contributed by atoms with van der Waals surface area (Å²) < 4.78 is 0. The lowest BCUT2D eigenvalue weighted by Crippen LogP contribution is -2.05. The van der Waals surface area contributed by atoms with Crippen molar-refractivity contribution in [3.63, 3.8) is 0 Å². The molecule has 0 bridgehead atoms. The highest BCUT2D eigenvalue weighted by molar-refractivity contribution is 6.33. The molecule has 0 saturated heterocycles. The van der Waals surface area contributed by atoms with E-state index in [0.717, 1.165) is 24.8 Å². The maximum atomic E-state index is 10.6. The zero-order chi connectivity index (χ0) is 11.1. The van der Waals surface area contributed by atoms with Gasteiger partial charge in [-0.25, -0.2) is 0 Å². The Hall–Kier alpha value is -1.12. The zero-order valence-electron chi connectivity index (χ0n) is 8.66. The third-order valence-electron chi connectivity index (χ3n) is 2.02. The van der Waals surface area contributed by atoms with Gasteiger partial charge in [0.1, 0.15) is 0 Å². The van der Waals surface area contributed by atoms with Crippen LogP contribution >= 0.6 is 11.6 Å². The Balaban J connectivity index is 2.69. The smallest absolute Gasteiger partial charge is 0.151 e. The minimum absolute atomic E-state index is 0.498. The van der Waals surface area contributed by atoms with Gasteiger partial charge in [0.15, 0.2) is 6.29 Å². The summed E-state index contributed by atoms with van der Waals surface area (Å²) in [4.78, 5) is 10.6. The van der Waals surface area contributed by atoms with Crippen LogP contribution in [0.5, 0.6) is 0 Å². The fraction of sp³-hybridized carbons (Fsp3) is 0.250. The quantitative estimate of drug-likeness (QED) is 0.615. The molecule has 0 saturated carbocycles. The van der Waals surface area contributed by atoms with Crippen LogP contribution in [0.3, 0.4) is 0 Å². The van der Waals surface area contributed by atoms with Crippen LogP contribution in [0.25, 0.3) is 6.08 Å². The molecule has 15 heavy (non-hydrogen) atoms. The predicted octanol–water partition coefficient (Wildman–Crippen LogP) is 2.78. The molecule has 0 heterocycles. The first-order valence-corrected chi connectivity index (χ1v) is 5.21. The highest BCUT2D eigenvalue weighted by Crippen LogP contribution is 2.16. The summed E-state index contributed by atoms with van der Waals surface area (Å²) in [6.07, 6.45) is 5.79. The molecule has 0 aromatic heterocycles. The minimum atomic E-state index is 0.498. The van der Waals surface area contributed by atoms with Crippen LogP contribution in [0.4, 0.5) is 0 Å². The third kappa shape index (κ3) is 3.86. The molecule has 3 heteroatoms. The lowest BCUT2D eigenvalue weighted by molar-refractivity contribution is 0.112. The number of aldehydes is 1. The van der Waals surface area contributed by atoms with Crippen LogP contribution in [-0.4, -0.2) is 19.9 Å². The van der Waals surface area contributed by atoms with Gasteiger partial charge in [0.25, 0.3) is 0 Å². The monoisotopic (exact) mass is 223 g/mol. The number of carbonyl (C=O) groups excluding carboxylic acids is 1. The van der Waals surface area contributed by atoms with E-state index in [1.54, 1.807) is 12.1 Å². The van der Waals surface area contributed by atoms with Crippen molar-refractivity contribution in [2.24, 2.45) is 0 Å². The van der Waals surface area contributed by atoms with Gasteiger partial charge in [0.05, 0.1) is 5.02 Å². The normalized spacial score (nSPS) is 10.8. The average Bonchev–Trinajstić information content (AvgIpc) is 2.26.